The van der Waals surface area contributed by atoms with Gasteiger partial charge >= 0.3 is 0 Å². The predicted molar refractivity (Wildman–Crippen MR) is 74.0 cm³/mol. The van der Waals surface area contributed by atoms with Crippen LogP contribution in [-0.2, 0) is 0 Å². The fourth-order valence-electron chi connectivity index (χ4n) is 2.24. The van der Waals surface area contributed by atoms with Crippen molar-refractivity contribution in [2.45, 2.75) is 52.0 Å². The minimum absolute atomic E-state index is 0.705. The van der Waals surface area contributed by atoms with Crippen LogP contribution in [0.15, 0.2) is 0 Å². The molecule has 0 saturated heterocycles. The smallest absolute Gasteiger partial charge is 0.0219 e. The summed E-state index contributed by atoms with van der Waals surface area (Å²) >= 11 is 0. The van der Waals surface area contributed by atoms with Gasteiger partial charge < -0.3 is 9.80 Å². The second-order valence-electron chi connectivity index (χ2n) is 5.53. The Hall–Kier alpha value is -0.0800. The molecule has 0 rings (SSSR count). The van der Waals surface area contributed by atoms with Crippen molar-refractivity contribution >= 4 is 0 Å². The highest BCUT2D eigenvalue weighted by molar-refractivity contribution is 4.73. The minimum atomic E-state index is 0.705. The highest BCUT2D eigenvalue weighted by atomic mass is 15.2. The van der Waals surface area contributed by atoms with Crippen LogP contribution in [0.5, 0.6) is 0 Å². The molecule has 0 radical (unpaired) electrons. The van der Waals surface area contributed by atoms with E-state index in [2.05, 4.69) is 51.8 Å². The Morgan fingerprint density at radius 1 is 1.00 bits per heavy atom. The van der Waals surface area contributed by atoms with E-state index < -0.39 is 0 Å². The minimum Gasteiger partial charge on any atom is -0.308 e. The van der Waals surface area contributed by atoms with Crippen molar-refractivity contribution in [3.63, 3.8) is 0 Å². The molecule has 0 aromatic heterocycles. The molecular weight excluding hydrogens is 196 g/mol. The molecule has 0 heterocycles. The molecule has 0 bridgehead atoms. The zero-order valence-electron chi connectivity index (χ0n) is 12.3. The van der Waals surface area contributed by atoms with Crippen molar-refractivity contribution in [2.75, 3.05) is 34.7 Å². The molecule has 0 aromatic rings. The van der Waals surface area contributed by atoms with Crippen LogP contribution in [0, 0.1) is 5.92 Å². The van der Waals surface area contributed by atoms with E-state index in [-0.39, 0.29) is 0 Å². The Kier molecular flexibility index (Phi) is 8.96. The summed E-state index contributed by atoms with van der Waals surface area (Å²) in [5.74, 6) is 0.910. The number of hydrogen-bond acceptors (Lipinski definition) is 2. The van der Waals surface area contributed by atoms with Gasteiger partial charge in [0.15, 0.2) is 0 Å². The SMILES string of the molecule is CCCCC(CC)CC(CN(C)C)N(C)C. The van der Waals surface area contributed by atoms with Crippen LogP contribution < -0.4 is 0 Å². The third kappa shape index (κ3) is 7.24. The topological polar surface area (TPSA) is 6.48 Å². The van der Waals surface area contributed by atoms with Crippen LogP contribution in [0.4, 0.5) is 0 Å². The van der Waals surface area contributed by atoms with Crippen LogP contribution in [0.25, 0.3) is 0 Å². The summed E-state index contributed by atoms with van der Waals surface area (Å²) in [7, 11) is 8.76. The van der Waals surface area contributed by atoms with E-state index in [1.807, 2.05) is 0 Å². The summed E-state index contributed by atoms with van der Waals surface area (Å²) in [6.45, 7) is 5.80. The first-order chi connectivity index (χ1) is 7.51. The van der Waals surface area contributed by atoms with Crippen LogP contribution in [0.1, 0.15) is 46.0 Å². The monoisotopic (exact) mass is 228 g/mol. The maximum Gasteiger partial charge on any atom is 0.0219 e. The number of rotatable bonds is 9. The van der Waals surface area contributed by atoms with Crippen LogP contribution in [-0.4, -0.2) is 50.6 Å². The van der Waals surface area contributed by atoms with E-state index in [1.165, 1.54) is 38.6 Å². The lowest BCUT2D eigenvalue weighted by Gasteiger charge is -2.30. The Labute approximate surface area is 103 Å². The summed E-state index contributed by atoms with van der Waals surface area (Å²) in [6, 6.07) is 0.705. The predicted octanol–water partition coefficient (Wildman–Crippen LogP) is 3.08. The van der Waals surface area contributed by atoms with Gasteiger partial charge in [0.2, 0.25) is 0 Å². The van der Waals surface area contributed by atoms with Crippen molar-refractivity contribution in [3.8, 4) is 0 Å². The Bertz CT molecular complexity index is 155. The maximum absolute atomic E-state index is 2.38. The standard InChI is InChI=1S/C14H32N2/c1-7-9-10-13(8-2)11-14(16(5)6)12-15(3)4/h13-14H,7-12H2,1-6H3. The Balaban J connectivity index is 4.12. The van der Waals surface area contributed by atoms with E-state index in [0.29, 0.717) is 6.04 Å². The van der Waals surface area contributed by atoms with Crippen LogP contribution in [0.2, 0.25) is 0 Å². The van der Waals surface area contributed by atoms with Crippen molar-refractivity contribution < 1.29 is 0 Å². The molecule has 0 saturated carbocycles. The largest absolute Gasteiger partial charge is 0.308 e. The fraction of sp³-hybridized carbons (Fsp3) is 1.00. The first kappa shape index (κ1) is 15.9. The average molecular weight is 228 g/mol. The molecule has 2 heteroatoms. The maximum atomic E-state index is 2.38. The lowest BCUT2D eigenvalue weighted by molar-refractivity contribution is 0.188. The van der Waals surface area contributed by atoms with Gasteiger partial charge in [-0.15, -0.1) is 0 Å². The number of likely N-dealkylation sites (N-methyl/N-ethyl adjacent to an activating group) is 2. The van der Waals surface area contributed by atoms with E-state index >= 15 is 0 Å². The van der Waals surface area contributed by atoms with E-state index in [9.17, 15) is 0 Å². The second-order valence-corrected chi connectivity index (χ2v) is 5.53. The molecule has 2 atom stereocenters. The van der Waals surface area contributed by atoms with Crippen molar-refractivity contribution in [1.29, 1.82) is 0 Å². The quantitative estimate of drug-likeness (QED) is 0.598. The van der Waals surface area contributed by atoms with Gasteiger partial charge in [-0.3, -0.25) is 0 Å². The van der Waals surface area contributed by atoms with Gasteiger partial charge in [-0.1, -0.05) is 39.5 Å². The molecule has 2 unspecified atom stereocenters. The molecule has 0 aliphatic heterocycles. The molecule has 0 spiro atoms. The van der Waals surface area contributed by atoms with Crippen molar-refractivity contribution in [2.24, 2.45) is 5.92 Å². The first-order valence-corrected chi connectivity index (χ1v) is 6.82. The highest BCUT2D eigenvalue weighted by Gasteiger charge is 2.17. The molecule has 16 heavy (non-hydrogen) atoms. The normalized spacial score (nSPS) is 15.8. The van der Waals surface area contributed by atoms with Gasteiger partial charge in [0.1, 0.15) is 0 Å². The third-order valence-electron chi connectivity index (χ3n) is 3.45. The van der Waals surface area contributed by atoms with Gasteiger partial charge in [-0.05, 0) is 40.5 Å². The molecular formula is C14H32N2. The Morgan fingerprint density at radius 2 is 1.62 bits per heavy atom. The highest BCUT2D eigenvalue weighted by Crippen LogP contribution is 2.20. The van der Waals surface area contributed by atoms with Crippen LogP contribution in [0.3, 0.4) is 0 Å². The average Bonchev–Trinajstić information content (AvgIpc) is 2.21. The molecule has 0 fully saturated rings. The van der Waals surface area contributed by atoms with E-state index in [0.717, 1.165) is 5.92 Å². The zero-order chi connectivity index (χ0) is 12.6. The summed E-state index contributed by atoms with van der Waals surface area (Å²) in [5.41, 5.74) is 0. The molecule has 0 aromatic carbocycles. The third-order valence-corrected chi connectivity index (χ3v) is 3.45. The molecule has 0 N–H and O–H groups in total. The molecule has 0 aliphatic carbocycles. The number of unbranched alkanes of at least 4 members (excludes halogenated alkanes) is 1. The van der Waals surface area contributed by atoms with E-state index in [4.69, 9.17) is 0 Å². The van der Waals surface area contributed by atoms with Gasteiger partial charge in [0, 0.05) is 12.6 Å². The number of hydrogen-bond donors (Lipinski definition) is 0. The fourth-order valence-corrected chi connectivity index (χ4v) is 2.24. The molecule has 0 aliphatic rings. The van der Waals surface area contributed by atoms with Crippen molar-refractivity contribution in [3.05, 3.63) is 0 Å². The van der Waals surface area contributed by atoms with Gasteiger partial charge in [0.05, 0.1) is 0 Å². The van der Waals surface area contributed by atoms with Gasteiger partial charge in [-0.2, -0.15) is 0 Å². The second kappa shape index (κ2) is 9.00. The molecule has 98 valence electrons. The Morgan fingerprint density at radius 3 is 2.00 bits per heavy atom. The summed E-state index contributed by atoms with van der Waals surface area (Å²) in [4.78, 5) is 4.69. The molecule has 0 amide bonds. The van der Waals surface area contributed by atoms with Gasteiger partial charge in [-0.25, -0.2) is 0 Å². The lowest BCUT2D eigenvalue weighted by Crippen LogP contribution is -2.38. The van der Waals surface area contributed by atoms with E-state index in [1.54, 1.807) is 0 Å². The van der Waals surface area contributed by atoms with Crippen LogP contribution >= 0.6 is 0 Å². The lowest BCUT2D eigenvalue weighted by atomic mass is 9.91. The van der Waals surface area contributed by atoms with Crippen molar-refractivity contribution in [1.82, 2.24) is 9.80 Å². The van der Waals surface area contributed by atoms with Gasteiger partial charge in [0.25, 0.3) is 0 Å². The summed E-state index contributed by atoms with van der Waals surface area (Å²) < 4.78 is 0. The number of nitrogens with zero attached hydrogens (tertiary/aromatic N) is 2. The molecule has 2 nitrogen and oxygen atoms in total. The summed E-state index contributed by atoms with van der Waals surface area (Å²) in [5, 5.41) is 0. The zero-order valence-corrected chi connectivity index (χ0v) is 12.3. The first-order valence-electron chi connectivity index (χ1n) is 6.82. The summed E-state index contributed by atoms with van der Waals surface area (Å²) in [6.07, 6.45) is 6.81.